The van der Waals surface area contributed by atoms with Gasteiger partial charge in [-0.1, -0.05) is 183 Å². The monoisotopic (exact) mass is 1380 g/mol. The number of unbranched alkanes of at least 4 members (excludes halogenated alkanes) is 12. The van der Waals surface area contributed by atoms with Crippen LogP contribution in [0.2, 0.25) is 0 Å². The van der Waals surface area contributed by atoms with Gasteiger partial charge in [0.05, 0.1) is 60.6 Å². The van der Waals surface area contributed by atoms with Crippen LogP contribution in [-0.4, -0.2) is 26.4 Å². The minimum Gasteiger partial charge on any atom is -0.493 e. The van der Waals surface area contributed by atoms with Crippen molar-refractivity contribution in [3.8, 4) is 23.0 Å². The molecule has 0 saturated heterocycles. The highest BCUT2D eigenvalue weighted by molar-refractivity contribution is 5.51. The normalized spacial score (nSPS) is 11.1. The summed E-state index contributed by atoms with van der Waals surface area (Å²) in [6, 6.07) is 37.9. The summed E-state index contributed by atoms with van der Waals surface area (Å²) in [7, 11) is 0. The van der Waals surface area contributed by atoms with Crippen molar-refractivity contribution in [1.82, 2.24) is 0 Å². The summed E-state index contributed by atoms with van der Waals surface area (Å²) < 4.78 is 147. The summed E-state index contributed by atoms with van der Waals surface area (Å²) in [6.07, 6.45) is 15.7. The average Bonchev–Trinajstić information content (AvgIpc) is 0.809. The Kier molecular flexibility index (Phi) is 37.6. The van der Waals surface area contributed by atoms with E-state index in [2.05, 4.69) is 68.6 Å². The quantitative estimate of drug-likeness (QED) is 0.0179. The van der Waals surface area contributed by atoms with E-state index in [0.29, 0.717) is 36.5 Å². The number of benzene rings is 8. The molecule has 8 aromatic carbocycles. The highest BCUT2D eigenvalue weighted by atomic mass is 19.2. The molecule has 0 saturated carbocycles. The first-order valence-corrected chi connectivity index (χ1v) is 33.3. The van der Waals surface area contributed by atoms with Gasteiger partial charge >= 0.3 is 0 Å². The Morgan fingerprint density at radius 1 is 0.273 bits per heavy atom. The van der Waals surface area contributed by atoms with Crippen LogP contribution >= 0.6 is 0 Å². The number of halogens is 9. The molecular formula is C78H93F9N8O4. The number of hydrogen-bond donors (Lipinski definition) is 0. The van der Waals surface area contributed by atoms with Gasteiger partial charge in [-0.25, -0.2) is 26.3 Å². The molecule has 0 radical (unpaired) electrons. The summed E-state index contributed by atoms with van der Waals surface area (Å²) in [4.78, 5) is 0. The lowest BCUT2D eigenvalue weighted by Gasteiger charge is -2.10. The molecule has 0 atom stereocenters. The second kappa shape index (κ2) is 45.3. The number of nitrogens with zero attached hydrogens (tertiary/aromatic N) is 8. The Balaban J connectivity index is 0.000000280. The van der Waals surface area contributed by atoms with Crippen LogP contribution in [0.5, 0.6) is 23.0 Å². The summed E-state index contributed by atoms with van der Waals surface area (Å²) in [5.74, 6) is -12.8. The molecule has 8 aromatic rings. The second-order valence-electron chi connectivity index (χ2n) is 23.2. The van der Waals surface area contributed by atoms with Crippen LogP contribution < -0.4 is 18.9 Å². The van der Waals surface area contributed by atoms with Gasteiger partial charge in [-0.15, -0.1) is 10.2 Å². The fourth-order valence-electron chi connectivity index (χ4n) is 8.90. The van der Waals surface area contributed by atoms with Crippen LogP contribution in [0.25, 0.3) is 0 Å². The van der Waals surface area contributed by atoms with Crippen molar-refractivity contribution in [1.29, 1.82) is 0 Å². The van der Waals surface area contributed by atoms with Crippen LogP contribution in [-0.2, 0) is 0 Å². The third-order valence-corrected chi connectivity index (χ3v) is 14.7. The van der Waals surface area contributed by atoms with E-state index in [0.717, 1.165) is 135 Å². The number of hydrogen-bond acceptors (Lipinski definition) is 12. The van der Waals surface area contributed by atoms with Crippen LogP contribution in [0.15, 0.2) is 174 Å². The minimum atomic E-state index is -1.64. The average molecular weight is 1380 g/mol. The third-order valence-electron chi connectivity index (χ3n) is 14.7. The maximum atomic E-state index is 14.1. The topological polar surface area (TPSA) is 136 Å². The number of rotatable bonds is 32. The fourth-order valence-corrected chi connectivity index (χ4v) is 8.90. The van der Waals surface area contributed by atoms with Gasteiger partial charge in [-0.3, -0.25) is 0 Å². The molecule has 532 valence electrons. The Morgan fingerprint density at radius 2 is 0.586 bits per heavy atom. The van der Waals surface area contributed by atoms with E-state index in [9.17, 15) is 39.5 Å². The summed E-state index contributed by atoms with van der Waals surface area (Å²) in [5, 5.41) is 30.8. The Morgan fingerprint density at radius 3 is 0.980 bits per heavy atom. The van der Waals surface area contributed by atoms with E-state index in [-0.39, 0.29) is 32.1 Å². The molecule has 0 amide bonds. The van der Waals surface area contributed by atoms with Crippen LogP contribution in [0.1, 0.15) is 166 Å². The van der Waals surface area contributed by atoms with Crippen LogP contribution in [0.4, 0.5) is 85.0 Å². The SMILES string of the molecule is C.CCCCCCOc1c(F)c(F)c(N=Nc2ccc(C)cc2)c(F)c1F.CCCCCCOc1c(F)cc(N=Nc2ccc(C)cc2)c(F)c1F.CCCCCCOc1c(F)cc(N=Nc2ccc(C)cc2)cc1F.CCCCCCOc1ccc(N=Nc2ccc(C)cc2)cc1C. The van der Waals surface area contributed by atoms with Crippen molar-refractivity contribution in [3.05, 3.63) is 214 Å². The molecule has 0 fully saturated rings. The van der Waals surface area contributed by atoms with Crippen molar-refractivity contribution in [3.63, 3.8) is 0 Å². The molecule has 0 unspecified atom stereocenters. The predicted octanol–water partition coefficient (Wildman–Crippen LogP) is 27.7. The fraction of sp³-hybridized carbons (Fsp3) is 0.385. The molecule has 0 aromatic heterocycles. The van der Waals surface area contributed by atoms with Crippen molar-refractivity contribution in [2.24, 2.45) is 40.9 Å². The van der Waals surface area contributed by atoms with E-state index in [4.69, 9.17) is 18.9 Å². The van der Waals surface area contributed by atoms with Crippen molar-refractivity contribution in [2.45, 2.75) is 172 Å². The lowest BCUT2D eigenvalue weighted by Crippen LogP contribution is -2.05. The zero-order valence-electron chi connectivity index (χ0n) is 57.5. The molecule has 0 spiro atoms. The maximum Gasteiger partial charge on any atom is 0.206 e. The molecular weight excluding hydrogens is 1280 g/mol. The van der Waals surface area contributed by atoms with E-state index in [1.807, 2.05) is 89.2 Å². The van der Waals surface area contributed by atoms with Gasteiger partial charge in [0, 0.05) is 18.2 Å². The first kappa shape index (κ1) is 82.2. The van der Waals surface area contributed by atoms with E-state index < -0.39 is 75.2 Å². The molecule has 0 heterocycles. The Labute approximate surface area is 578 Å². The smallest absolute Gasteiger partial charge is 0.206 e. The number of ether oxygens (including phenoxy) is 4. The van der Waals surface area contributed by atoms with Gasteiger partial charge in [-0.05, 0) is 133 Å². The van der Waals surface area contributed by atoms with Gasteiger partial charge in [-0.2, -0.15) is 43.9 Å². The Bertz CT molecular complexity index is 3770. The maximum absolute atomic E-state index is 14.1. The molecule has 12 nitrogen and oxygen atoms in total. The van der Waals surface area contributed by atoms with Gasteiger partial charge < -0.3 is 18.9 Å². The van der Waals surface area contributed by atoms with Crippen molar-refractivity contribution >= 4 is 45.5 Å². The molecule has 21 heteroatoms. The zero-order valence-corrected chi connectivity index (χ0v) is 57.5. The molecule has 0 bridgehead atoms. The minimum absolute atomic E-state index is 0. The van der Waals surface area contributed by atoms with E-state index in [1.54, 1.807) is 60.7 Å². The first-order valence-electron chi connectivity index (χ1n) is 33.3. The second-order valence-corrected chi connectivity index (χ2v) is 23.2. The highest BCUT2D eigenvalue weighted by Gasteiger charge is 2.27. The lowest BCUT2D eigenvalue weighted by atomic mass is 10.2. The van der Waals surface area contributed by atoms with Crippen molar-refractivity contribution in [2.75, 3.05) is 26.4 Å². The Hall–Kier alpha value is -9.27. The first-order chi connectivity index (χ1) is 47.3. The lowest BCUT2D eigenvalue weighted by molar-refractivity contribution is 0.264. The van der Waals surface area contributed by atoms with Gasteiger partial charge in [0.1, 0.15) is 11.4 Å². The summed E-state index contributed by atoms with van der Waals surface area (Å²) >= 11 is 0. The standard InChI is InChI=1S/C20H26N2O.C19H20F4N2O.C19H21F3N2O.C19H22F2N2O.CH4/c1-4-5-6-7-14-23-20-13-12-19(15-17(20)3)22-21-18-10-8-16(2)9-11-18;1-3-4-5-6-11-26-19-16(22)14(20)18(15(21)17(19)23)25-24-13-9-7-12(2)8-10-13;1-3-4-5-6-11-25-19-15(20)12-16(17(21)18(19)22)24-23-14-9-7-13(2)8-10-14;1-3-4-5-6-11-24-19-17(20)12-16(13-18(19)21)23-22-15-9-7-14(2)8-10-15;/h8-13,15H,4-7,14H2,1-3H3;7-10H,3-6,11H2,1-2H3;7-10,12H,3-6,11H2,1-2H3;7-10,12-13H,3-6,11H2,1-2H3;1H4. The van der Waals surface area contributed by atoms with Crippen LogP contribution in [0.3, 0.4) is 0 Å². The van der Waals surface area contributed by atoms with E-state index in [1.165, 1.54) is 24.8 Å². The highest BCUT2D eigenvalue weighted by Crippen LogP contribution is 2.37. The molecule has 0 aliphatic carbocycles. The molecule has 0 aliphatic heterocycles. The summed E-state index contributed by atoms with van der Waals surface area (Å²) in [6.45, 7) is 19.4. The zero-order chi connectivity index (χ0) is 71.2. The predicted molar refractivity (Wildman–Crippen MR) is 377 cm³/mol. The van der Waals surface area contributed by atoms with Gasteiger partial charge in [0.2, 0.25) is 17.5 Å². The largest absolute Gasteiger partial charge is 0.493 e. The van der Waals surface area contributed by atoms with Gasteiger partial charge in [0.25, 0.3) is 0 Å². The summed E-state index contributed by atoms with van der Waals surface area (Å²) in [5.41, 5.74) is 6.99. The number of aryl methyl sites for hydroxylation is 5. The van der Waals surface area contributed by atoms with Gasteiger partial charge in [0.15, 0.2) is 57.8 Å². The third kappa shape index (κ3) is 29.0. The van der Waals surface area contributed by atoms with Crippen molar-refractivity contribution < 1.29 is 58.5 Å². The molecule has 99 heavy (non-hydrogen) atoms. The van der Waals surface area contributed by atoms with Crippen LogP contribution in [0, 0.1) is 87.0 Å². The number of azo groups is 4. The van der Waals surface area contributed by atoms with E-state index >= 15 is 0 Å². The molecule has 0 N–H and O–H groups in total. The molecule has 8 rings (SSSR count). The molecule has 0 aliphatic rings.